The molecule has 7 heteroatoms. The summed E-state index contributed by atoms with van der Waals surface area (Å²) in [5, 5.41) is 0. The Bertz CT molecular complexity index is 734. The second-order valence-corrected chi connectivity index (χ2v) is 7.57. The normalized spacial score (nSPS) is 20.6. The molecule has 146 valence electrons. The van der Waals surface area contributed by atoms with E-state index in [1.54, 1.807) is 21.8 Å². The molecule has 0 bridgehead atoms. The number of hydrogen-bond donors (Lipinski definition) is 0. The first-order valence-corrected chi connectivity index (χ1v) is 9.40. The molecule has 0 radical (unpaired) electrons. The number of piperazine rings is 1. The molecule has 2 saturated heterocycles. The lowest BCUT2D eigenvalue weighted by Gasteiger charge is -2.35. The molecule has 2 heterocycles. The van der Waals surface area contributed by atoms with E-state index < -0.39 is 0 Å². The molecule has 3 amide bonds. The van der Waals surface area contributed by atoms with Crippen molar-refractivity contribution in [1.29, 1.82) is 0 Å². The van der Waals surface area contributed by atoms with Gasteiger partial charge in [0.2, 0.25) is 17.7 Å². The van der Waals surface area contributed by atoms with Crippen LogP contribution in [0.2, 0.25) is 0 Å². The Morgan fingerprint density at radius 3 is 2.59 bits per heavy atom. The maximum atomic E-state index is 12.8. The number of amides is 3. The highest BCUT2D eigenvalue weighted by Gasteiger charge is 2.39. The standard InChI is InChI=1S/C20H27N3O4/c1-14(2)11-22-12-15(10-18(22)24)20(26)21-8-9-23(19(25)13-21)16-6-4-5-7-17(16)27-3/h4-7,14-15H,8-13H2,1-3H3/t15-/m0/s1. The number of nitrogens with zero attached hydrogens (tertiary/aromatic N) is 3. The van der Waals surface area contributed by atoms with E-state index in [0.29, 0.717) is 37.8 Å². The zero-order chi connectivity index (χ0) is 19.6. The van der Waals surface area contributed by atoms with Gasteiger partial charge < -0.3 is 19.4 Å². The third-order valence-corrected chi connectivity index (χ3v) is 5.06. The van der Waals surface area contributed by atoms with E-state index in [9.17, 15) is 14.4 Å². The topological polar surface area (TPSA) is 70.2 Å². The van der Waals surface area contributed by atoms with Gasteiger partial charge in [-0.1, -0.05) is 26.0 Å². The SMILES string of the molecule is COc1ccccc1N1CCN(C(=O)[C@H]2CC(=O)N(CC(C)C)C2)CC1=O. The van der Waals surface area contributed by atoms with Crippen LogP contribution in [0.15, 0.2) is 24.3 Å². The van der Waals surface area contributed by atoms with E-state index in [4.69, 9.17) is 4.74 Å². The van der Waals surface area contributed by atoms with E-state index in [1.807, 2.05) is 24.3 Å². The highest BCUT2D eigenvalue weighted by molar-refractivity contribution is 6.00. The van der Waals surface area contributed by atoms with Gasteiger partial charge in [0, 0.05) is 32.6 Å². The third kappa shape index (κ3) is 4.07. The Morgan fingerprint density at radius 2 is 1.93 bits per heavy atom. The van der Waals surface area contributed by atoms with Gasteiger partial charge in [-0.15, -0.1) is 0 Å². The summed E-state index contributed by atoms with van der Waals surface area (Å²) in [6.45, 7) is 6.14. The molecular formula is C20H27N3O4. The van der Waals surface area contributed by atoms with Gasteiger partial charge in [-0.25, -0.2) is 0 Å². The van der Waals surface area contributed by atoms with Crippen LogP contribution in [0.25, 0.3) is 0 Å². The van der Waals surface area contributed by atoms with Crippen molar-refractivity contribution >= 4 is 23.4 Å². The largest absolute Gasteiger partial charge is 0.495 e. The molecule has 2 aliphatic heterocycles. The van der Waals surface area contributed by atoms with Gasteiger partial charge in [-0.3, -0.25) is 14.4 Å². The van der Waals surface area contributed by atoms with Crippen molar-refractivity contribution in [3.63, 3.8) is 0 Å². The fourth-order valence-corrected chi connectivity index (χ4v) is 3.78. The summed E-state index contributed by atoms with van der Waals surface area (Å²) >= 11 is 0. The molecule has 1 aromatic rings. The molecular weight excluding hydrogens is 346 g/mol. The molecule has 0 unspecified atom stereocenters. The summed E-state index contributed by atoms with van der Waals surface area (Å²) in [7, 11) is 1.57. The number of ether oxygens (including phenoxy) is 1. The molecule has 2 aliphatic rings. The Balaban J connectivity index is 1.63. The smallest absolute Gasteiger partial charge is 0.246 e. The number of likely N-dealkylation sites (tertiary alicyclic amines) is 1. The average Bonchev–Trinajstić information content (AvgIpc) is 3.01. The predicted octanol–water partition coefficient (Wildman–Crippen LogP) is 1.37. The molecule has 0 saturated carbocycles. The molecule has 0 aromatic heterocycles. The summed E-state index contributed by atoms with van der Waals surface area (Å²) < 4.78 is 5.34. The Morgan fingerprint density at radius 1 is 1.19 bits per heavy atom. The maximum absolute atomic E-state index is 12.8. The van der Waals surface area contributed by atoms with Crippen LogP contribution in [-0.4, -0.2) is 67.4 Å². The van der Waals surface area contributed by atoms with E-state index in [1.165, 1.54) is 0 Å². The van der Waals surface area contributed by atoms with Gasteiger partial charge in [0.05, 0.1) is 18.7 Å². The fourth-order valence-electron chi connectivity index (χ4n) is 3.78. The van der Waals surface area contributed by atoms with Crippen LogP contribution in [0.4, 0.5) is 5.69 Å². The third-order valence-electron chi connectivity index (χ3n) is 5.06. The zero-order valence-corrected chi connectivity index (χ0v) is 16.2. The Kier molecular flexibility index (Phi) is 5.68. The molecule has 0 spiro atoms. The number of rotatable bonds is 5. The lowest BCUT2D eigenvalue weighted by Crippen LogP contribution is -2.54. The van der Waals surface area contributed by atoms with Crippen molar-refractivity contribution in [2.75, 3.05) is 44.7 Å². The van der Waals surface area contributed by atoms with E-state index in [2.05, 4.69) is 13.8 Å². The van der Waals surface area contributed by atoms with Crippen molar-refractivity contribution in [3.8, 4) is 5.75 Å². The van der Waals surface area contributed by atoms with Crippen LogP contribution in [0, 0.1) is 11.8 Å². The summed E-state index contributed by atoms with van der Waals surface area (Å²) in [6.07, 6.45) is 0.243. The average molecular weight is 373 g/mol. The first kappa shape index (κ1) is 19.2. The first-order valence-electron chi connectivity index (χ1n) is 9.40. The molecule has 1 aromatic carbocycles. The van der Waals surface area contributed by atoms with Crippen LogP contribution in [0.5, 0.6) is 5.75 Å². The maximum Gasteiger partial charge on any atom is 0.246 e. The number of carbonyl (C=O) groups is 3. The number of methoxy groups -OCH3 is 1. The predicted molar refractivity (Wildman–Crippen MR) is 101 cm³/mol. The highest BCUT2D eigenvalue weighted by atomic mass is 16.5. The monoisotopic (exact) mass is 373 g/mol. The second-order valence-electron chi connectivity index (χ2n) is 7.57. The number of carbonyl (C=O) groups excluding carboxylic acids is 3. The number of benzene rings is 1. The Labute approximate surface area is 159 Å². The molecule has 27 heavy (non-hydrogen) atoms. The Hall–Kier alpha value is -2.57. The number of hydrogen-bond acceptors (Lipinski definition) is 4. The van der Waals surface area contributed by atoms with Gasteiger partial charge in [0.15, 0.2) is 0 Å². The minimum atomic E-state index is -0.345. The highest BCUT2D eigenvalue weighted by Crippen LogP contribution is 2.29. The van der Waals surface area contributed by atoms with Crippen molar-refractivity contribution < 1.29 is 19.1 Å². The molecule has 0 N–H and O–H groups in total. The summed E-state index contributed by atoms with van der Waals surface area (Å²) in [5.41, 5.74) is 0.719. The molecule has 3 rings (SSSR count). The quantitative estimate of drug-likeness (QED) is 0.782. The molecule has 7 nitrogen and oxygen atoms in total. The van der Waals surface area contributed by atoms with E-state index in [-0.39, 0.29) is 36.6 Å². The molecule has 1 atom stereocenters. The molecule has 2 fully saturated rings. The minimum absolute atomic E-state index is 0.0287. The minimum Gasteiger partial charge on any atom is -0.495 e. The van der Waals surface area contributed by atoms with E-state index in [0.717, 1.165) is 5.69 Å². The van der Waals surface area contributed by atoms with Crippen molar-refractivity contribution in [1.82, 2.24) is 9.80 Å². The first-order chi connectivity index (χ1) is 12.9. The lowest BCUT2D eigenvalue weighted by atomic mass is 10.1. The van der Waals surface area contributed by atoms with Crippen molar-refractivity contribution in [2.24, 2.45) is 11.8 Å². The van der Waals surface area contributed by atoms with Gasteiger partial charge in [-0.05, 0) is 18.1 Å². The lowest BCUT2D eigenvalue weighted by molar-refractivity contribution is -0.140. The van der Waals surface area contributed by atoms with Gasteiger partial charge >= 0.3 is 0 Å². The van der Waals surface area contributed by atoms with Crippen LogP contribution in [0.1, 0.15) is 20.3 Å². The van der Waals surface area contributed by atoms with Crippen LogP contribution < -0.4 is 9.64 Å². The van der Waals surface area contributed by atoms with E-state index >= 15 is 0 Å². The summed E-state index contributed by atoms with van der Waals surface area (Å²) in [4.78, 5) is 42.7. The fraction of sp³-hybridized carbons (Fsp3) is 0.550. The van der Waals surface area contributed by atoms with Crippen LogP contribution >= 0.6 is 0 Å². The van der Waals surface area contributed by atoms with Crippen molar-refractivity contribution in [3.05, 3.63) is 24.3 Å². The van der Waals surface area contributed by atoms with Gasteiger partial charge in [0.25, 0.3) is 0 Å². The summed E-state index contributed by atoms with van der Waals surface area (Å²) in [5.74, 6) is 0.457. The van der Waals surface area contributed by atoms with Gasteiger partial charge in [0.1, 0.15) is 12.3 Å². The number of anilines is 1. The number of para-hydroxylation sites is 2. The zero-order valence-electron chi connectivity index (χ0n) is 16.2. The van der Waals surface area contributed by atoms with Crippen LogP contribution in [0.3, 0.4) is 0 Å². The molecule has 0 aliphatic carbocycles. The van der Waals surface area contributed by atoms with Crippen molar-refractivity contribution in [2.45, 2.75) is 20.3 Å². The van der Waals surface area contributed by atoms with Gasteiger partial charge in [-0.2, -0.15) is 0 Å². The summed E-state index contributed by atoms with van der Waals surface area (Å²) in [6, 6.07) is 7.37. The van der Waals surface area contributed by atoms with Crippen LogP contribution in [-0.2, 0) is 14.4 Å². The second kappa shape index (κ2) is 7.98.